The summed E-state index contributed by atoms with van der Waals surface area (Å²) in [5, 5.41) is 12.6. The lowest BCUT2D eigenvalue weighted by atomic mass is 10.1. The van der Waals surface area contributed by atoms with Gasteiger partial charge in [0.1, 0.15) is 5.75 Å². The van der Waals surface area contributed by atoms with E-state index >= 15 is 0 Å². The molecule has 0 amide bonds. The number of hydrogen-bond acceptors (Lipinski definition) is 3. The molecule has 0 fully saturated rings. The van der Waals surface area contributed by atoms with Gasteiger partial charge in [-0.15, -0.1) is 0 Å². The first kappa shape index (κ1) is 14.5. The molecule has 2 atom stereocenters. The predicted octanol–water partition coefficient (Wildman–Crippen LogP) is 2.88. The number of aliphatic hydroxyl groups excluding tert-OH is 1. The number of hydrogen-bond donors (Lipinski definition) is 2. The lowest BCUT2D eigenvalue weighted by molar-refractivity contribution is 0.182. The van der Waals surface area contributed by atoms with E-state index in [1.807, 2.05) is 18.2 Å². The number of ether oxygens (including phenoxy) is 1. The maximum absolute atomic E-state index is 9.19. The third-order valence-electron chi connectivity index (χ3n) is 2.69. The molecule has 1 rings (SSSR count). The van der Waals surface area contributed by atoms with Crippen LogP contribution in [0.5, 0.6) is 5.75 Å². The molecule has 0 spiro atoms. The molecular formula is C13H20BrNO2. The molecule has 0 aliphatic rings. The molecule has 1 aromatic rings. The largest absolute Gasteiger partial charge is 0.497 e. The van der Waals surface area contributed by atoms with Gasteiger partial charge in [0.25, 0.3) is 0 Å². The molecule has 0 saturated heterocycles. The summed E-state index contributed by atoms with van der Waals surface area (Å²) in [6, 6.07) is 6.20. The number of aliphatic hydroxyl groups is 1. The van der Waals surface area contributed by atoms with Crippen molar-refractivity contribution in [1.29, 1.82) is 0 Å². The van der Waals surface area contributed by atoms with Crippen LogP contribution in [0.1, 0.15) is 31.9 Å². The summed E-state index contributed by atoms with van der Waals surface area (Å²) in [6.45, 7) is 4.71. The van der Waals surface area contributed by atoms with Gasteiger partial charge in [0, 0.05) is 10.5 Å². The number of methoxy groups -OCH3 is 1. The molecule has 0 heterocycles. The maximum Gasteiger partial charge on any atom is 0.120 e. The first-order valence-electron chi connectivity index (χ1n) is 5.79. The minimum Gasteiger partial charge on any atom is -0.497 e. The summed E-state index contributed by atoms with van der Waals surface area (Å²) in [7, 11) is 1.66. The smallest absolute Gasteiger partial charge is 0.120 e. The highest BCUT2D eigenvalue weighted by atomic mass is 79.9. The van der Waals surface area contributed by atoms with Crippen molar-refractivity contribution < 1.29 is 9.84 Å². The zero-order valence-electron chi connectivity index (χ0n) is 10.5. The van der Waals surface area contributed by atoms with E-state index in [0.717, 1.165) is 23.2 Å². The Hall–Kier alpha value is -0.580. The average Bonchev–Trinajstić information content (AvgIpc) is 2.28. The fraction of sp³-hybridized carbons (Fsp3) is 0.538. The van der Waals surface area contributed by atoms with E-state index in [9.17, 15) is 5.11 Å². The van der Waals surface area contributed by atoms with E-state index in [2.05, 4.69) is 28.2 Å². The van der Waals surface area contributed by atoms with Crippen LogP contribution in [0.25, 0.3) is 0 Å². The van der Waals surface area contributed by atoms with Crippen LogP contribution in [-0.4, -0.2) is 24.9 Å². The lowest BCUT2D eigenvalue weighted by Gasteiger charge is -2.17. The van der Waals surface area contributed by atoms with Gasteiger partial charge in [-0.25, -0.2) is 0 Å². The SMILES string of the molecule is COc1ccc([C@@H](C)NCC[C@@H](C)O)c(Br)c1. The zero-order chi connectivity index (χ0) is 12.8. The highest BCUT2D eigenvalue weighted by Crippen LogP contribution is 2.27. The van der Waals surface area contributed by atoms with Crippen LogP contribution in [0.4, 0.5) is 0 Å². The molecule has 0 unspecified atom stereocenters. The summed E-state index contributed by atoms with van der Waals surface area (Å²) in [6.07, 6.45) is 0.506. The van der Waals surface area contributed by atoms with Crippen LogP contribution < -0.4 is 10.1 Å². The Morgan fingerprint density at radius 2 is 2.12 bits per heavy atom. The van der Waals surface area contributed by atoms with Crippen molar-refractivity contribution in [3.8, 4) is 5.75 Å². The fourth-order valence-corrected chi connectivity index (χ4v) is 2.31. The van der Waals surface area contributed by atoms with E-state index in [-0.39, 0.29) is 12.1 Å². The molecule has 96 valence electrons. The van der Waals surface area contributed by atoms with Crippen LogP contribution in [-0.2, 0) is 0 Å². The predicted molar refractivity (Wildman–Crippen MR) is 73.4 cm³/mol. The molecule has 0 radical (unpaired) electrons. The van der Waals surface area contributed by atoms with Crippen LogP contribution in [0, 0.1) is 0 Å². The number of benzene rings is 1. The Morgan fingerprint density at radius 1 is 1.41 bits per heavy atom. The van der Waals surface area contributed by atoms with Crippen molar-refractivity contribution in [2.45, 2.75) is 32.4 Å². The van der Waals surface area contributed by atoms with Gasteiger partial charge < -0.3 is 15.2 Å². The second kappa shape index (κ2) is 6.99. The number of rotatable bonds is 6. The third-order valence-corrected chi connectivity index (χ3v) is 3.37. The molecule has 3 nitrogen and oxygen atoms in total. The normalized spacial score (nSPS) is 14.4. The minimum atomic E-state index is -0.256. The molecule has 0 saturated carbocycles. The molecule has 17 heavy (non-hydrogen) atoms. The second-order valence-electron chi connectivity index (χ2n) is 4.20. The summed E-state index contributed by atoms with van der Waals surface area (Å²) < 4.78 is 6.19. The number of nitrogens with one attached hydrogen (secondary N) is 1. The Balaban J connectivity index is 2.59. The molecule has 2 N–H and O–H groups in total. The van der Waals surface area contributed by atoms with Gasteiger partial charge in [0.15, 0.2) is 0 Å². The first-order chi connectivity index (χ1) is 8.04. The van der Waals surface area contributed by atoms with Gasteiger partial charge in [-0.05, 0) is 44.5 Å². The quantitative estimate of drug-likeness (QED) is 0.849. The summed E-state index contributed by atoms with van der Waals surface area (Å²) in [5.74, 6) is 0.844. The molecule has 1 aromatic carbocycles. The standard InChI is InChI=1S/C13H20BrNO2/c1-9(16)6-7-15-10(2)12-5-4-11(17-3)8-13(12)14/h4-5,8-10,15-16H,6-7H2,1-3H3/t9-,10-/m1/s1. The molecular weight excluding hydrogens is 282 g/mol. The Kier molecular flexibility index (Phi) is 5.95. The van der Waals surface area contributed by atoms with Gasteiger partial charge in [0.05, 0.1) is 13.2 Å². The highest BCUT2D eigenvalue weighted by molar-refractivity contribution is 9.10. The summed E-state index contributed by atoms with van der Waals surface area (Å²) in [4.78, 5) is 0. The van der Waals surface area contributed by atoms with Gasteiger partial charge >= 0.3 is 0 Å². The van der Waals surface area contributed by atoms with Crippen molar-refractivity contribution in [2.24, 2.45) is 0 Å². The molecule has 4 heteroatoms. The van der Waals surface area contributed by atoms with Crippen LogP contribution in [0.2, 0.25) is 0 Å². The summed E-state index contributed by atoms with van der Waals surface area (Å²) in [5.41, 5.74) is 1.19. The Bertz CT molecular complexity index is 355. The maximum atomic E-state index is 9.19. The van der Waals surface area contributed by atoms with Gasteiger partial charge in [0.2, 0.25) is 0 Å². The Labute approximate surface area is 111 Å². The van der Waals surface area contributed by atoms with Gasteiger partial charge in [-0.2, -0.15) is 0 Å². The number of halogens is 1. The van der Waals surface area contributed by atoms with E-state index in [4.69, 9.17) is 4.74 Å². The van der Waals surface area contributed by atoms with E-state index in [1.54, 1.807) is 14.0 Å². The van der Waals surface area contributed by atoms with Crippen molar-refractivity contribution >= 4 is 15.9 Å². The van der Waals surface area contributed by atoms with Crippen molar-refractivity contribution in [1.82, 2.24) is 5.32 Å². The molecule has 0 aromatic heterocycles. The Morgan fingerprint density at radius 3 is 2.65 bits per heavy atom. The minimum absolute atomic E-state index is 0.244. The van der Waals surface area contributed by atoms with Gasteiger partial charge in [-0.1, -0.05) is 22.0 Å². The monoisotopic (exact) mass is 301 g/mol. The molecule has 0 aliphatic heterocycles. The topological polar surface area (TPSA) is 41.5 Å². The van der Waals surface area contributed by atoms with E-state index in [0.29, 0.717) is 0 Å². The highest BCUT2D eigenvalue weighted by Gasteiger charge is 2.09. The first-order valence-corrected chi connectivity index (χ1v) is 6.58. The van der Waals surface area contributed by atoms with Gasteiger partial charge in [-0.3, -0.25) is 0 Å². The van der Waals surface area contributed by atoms with Crippen molar-refractivity contribution in [2.75, 3.05) is 13.7 Å². The molecule has 0 aliphatic carbocycles. The van der Waals surface area contributed by atoms with Crippen LogP contribution in [0.15, 0.2) is 22.7 Å². The third kappa shape index (κ3) is 4.66. The van der Waals surface area contributed by atoms with E-state index in [1.165, 1.54) is 5.56 Å². The summed E-state index contributed by atoms with van der Waals surface area (Å²) >= 11 is 3.54. The molecule has 0 bridgehead atoms. The van der Waals surface area contributed by atoms with E-state index < -0.39 is 0 Å². The second-order valence-corrected chi connectivity index (χ2v) is 5.06. The van der Waals surface area contributed by atoms with Crippen LogP contribution >= 0.6 is 15.9 Å². The van der Waals surface area contributed by atoms with Crippen LogP contribution in [0.3, 0.4) is 0 Å². The van der Waals surface area contributed by atoms with Crippen molar-refractivity contribution in [3.05, 3.63) is 28.2 Å². The fourth-order valence-electron chi connectivity index (χ4n) is 1.60. The zero-order valence-corrected chi connectivity index (χ0v) is 12.1. The lowest BCUT2D eigenvalue weighted by Crippen LogP contribution is -2.22. The van der Waals surface area contributed by atoms with Crippen molar-refractivity contribution in [3.63, 3.8) is 0 Å². The average molecular weight is 302 g/mol.